The zero-order valence-electron chi connectivity index (χ0n) is 23.0. The van der Waals surface area contributed by atoms with Crippen molar-refractivity contribution in [2.24, 2.45) is 0 Å². The lowest BCUT2D eigenvalue weighted by Gasteiger charge is -2.28. The second kappa shape index (κ2) is 13.4. The Morgan fingerprint density at radius 1 is 0.929 bits per heavy atom. The van der Waals surface area contributed by atoms with Gasteiger partial charge in [0.2, 0.25) is 5.91 Å². The Morgan fingerprint density at radius 3 is 2.36 bits per heavy atom. The van der Waals surface area contributed by atoms with Crippen LogP contribution in [-0.2, 0) is 19.1 Å². The molecule has 4 amide bonds. The number of anilines is 3. The normalized spacial score (nSPS) is 16.1. The first-order valence-corrected chi connectivity index (χ1v) is 14.2. The van der Waals surface area contributed by atoms with E-state index in [9.17, 15) is 19.2 Å². The Morgan fingerprint density at radius 2 is 1.64 bits per heavy atom. The number of imide groups is 1. The fourth-order valence-electron chi connectivity index (χ4n) is 4.44. The summed E-state index contributed by atoms with van der Waals surface area (Å²) < 4.78 is 10.9. The van der Waals surface area contributed by atoms with Crippen molar-refractivity contribution in [3.05, 3.63) is 88.8 Å². The summed E-state index contributed by atoms with van der Waals surface area (Å²) in [6.07, 6.45) is 1.58. The number of nitrogens with zero attached hydrogens (tertiary/aromatic N) is 2. The molecule has 2 saturated heterocycles. The molecule has 3 aromatic rings. The predicted molar refractivity (Wildman–Crippen MR) is 163 cm³/mol. The van der Waals surface area contributed by atoms with Crippen LogP contribution in [0.4, 0.5) is 21.9 Å². The van der Waals surface area contributed by atoms with Gasteiger partial charge < -0.3 is 25.0 Å². The van der Waals surface area contributed by atoms with Crippen LogP contribution < -0.4 is 20.3 Å². The number of carbonyl (C=O) groups is 4. The summed E-state index contributed by atoms with van der Waals surface area (Å²) in [4.78, 5) is 53.6. The maximum absolute atomic E-state index is 12.9. The van der Waals surface area contributed by atoms with E-state index in [1.807, 2.05) is 37.3 Å². The van der Waals surface area contributed by atoms with Crippen molar-refractivity contribution < 1.29 is 28.7 Å². The van der Waals surface area contributed by atoms with Crippen LogP contribution in [0.3, 0.4) is 0 Å². The number of aryl methyl sites for hydroxylation is 1. The second-order valence-corrected chi connectivity index (χ2v) is 10.7. The molecule has 2 aliphatic rings. The van der Waals surface area contributed by atoms with E-state index in [4.69, 9.17) is 9.47 Å². The highest BCUT2D eigenvalue weighted by Crippen LogP contribution is 2.32. The molecule has 0 aromatic heterocycles. The molecule has 0 atom stereocenters. The number of morpholine rings is 1. The van der Waals surface area contributed by atoms with Crippen LogP contribution in [0.1, 0.15) is 11.1 Å². The Hall–Kier alpha value is -4.61. The fraction of sp³-hybridized carbons (Fsp3) is 0.226. The molecule has 42 heavy (non-hydrogen) atoms. The van der Waals surface area contributed by atoms with E-state index in [1.54, 1.807) is 48.5 Å². The van der Waals surface area contributed by atoms with Crippen molar-refractivity contribution in [2.45, 2.75) is 6.92 Å². The molecule has 2 N–H and O–H groups in total. The van der Waals surface area contributed by atoms with Gasteiger partial charge >= 0.3 is 0 Å². The molecule has 216 valence electrons. The van der Waals surface area contributed by atoms with E-state index in [1.165, 1.54) is 0 Å². The summed E-state index contributed by atoms with van der Waals surface area (Å²) in [6.45, 7) is 4.38. The molecule has 2 fully saturated rings. The SMILES string of the molecule is Cc1cccc(NC(=O)COc2ccc(/C=C3/SC(=O)N(CC(=O)Nc4ccc(N5CCOCC5)cc4)C3=O)cc2)c1. The van der Waals surface area contributed by atoms with Crippen molar-refractivity contribution in [1.29, 1.82) is 0 Å². The maximum atomic E-state index is 12.9. The molecule has 2 aliphatic heterocycles. The number of amides is 4. The third-order valence-corrected chi connectivity index (χ3v) is 7.46. The molecule has 2 heterocycles. The fourth-order valence-corrected chi connectivity index (χ4v) is 5.28. The van der Waals surface area contributed by atoms with Crippen molar-refractivity contribution in [3.8, 4) is 5.75 Å². The molecule has 3 aromatic carbocycles. The van der Waals surface area contributed by atoms with Crippen LogP contribution in [0, 0.1) is 6.92 Å². The number of thioether (sulfide) groups is 1. The van der Waals surface area contributed by atoms with Gasteiger partial charge in [-0.05, 0) is 84.4 Å². The zero-order chi connectivity index (χ0) is 29.5. The van der Waals surface area contributed by atoms with Crippen LogP contribution in [0.15, 0.2) is 77.7 Å². The molecule has 0 radical (unpaired) electrons. The molecule has 0 aliphatic carbocycles. The van der Waals surface area contributed by atoms with Gasteiger partial charge in [-0.15, -0.1) is 0 Å². The average Bonchev–Trinajstić information content (AvgIpc) is 3.24. The number of rotatable bonds is 9. The molecule has 10 nitrogen and oxygen atoms in total. The topological polar surface area (TPSA) is 117 Å². The Kier molecular flexibility index (Phi) is 9.20. The van der Waals surface area contributed by atoms with Crippen LogP contribution in [0.2, 0.25) is 0 Å². The first-order valence-electron chi connectivity index (χ1n) is 13.4. The van der Waals surface area contributed by atoms with Gasteiger partial charge in [-0.2, -0.15) is 0 Å². The van der Waals surface area contributed by atoms with Gasteiger partial charge in [0, 0.05) is 30.2 Å². The van der Waals surface area contributed by atoms with Gasteiger partial charge in [0.05, 0.1) is 18.1 Å². The summed E-state index contributed by atoms with van der Waals surface area (Å²) in [5.74, 6) is -0.803. The maximum Gasteiger partial charge on any atom is 0.294 e. The van der Waals surface area contributed by atoms with E-state index < -0.39 is 17.1 Å². The number of hydrogen-bond acceptors (Lipinski definition) is 8. The standard InChI is InChI=1S/C31H30N4O6S/c1-21-3-2-4-24(17-21)33-29(37)20-41-26-11-5-22(6-12-26)18-27-30(38)35(31(39)42-27)19-28(36)32-23-7-9-25(10-8-23)34-13-15-40-16-14-34/h2-12,17-18H,13-16,19-20H2,1H3,(H,32,36)(H,33,37)/b27-18+. The van der Waals surface area contributed by atoms with Gasteiger partial charge in [-0.1, -0.05) is 24.3 Å². The number of ether oxygens (including phenoxy) is 2. The zero-order valence-corrected chi connectivity index (χ0v) is 23.8. The summed E-state index contributed by atoms with van der Waals surface area (Å²) in [5.41, 5.74) is 4.02. The highest BCUT2D eigenvalue weighted by molar-refractivity contribution is 8.18. The van der Waals surface area contributed by atoms with Crippen LogP contribution in [0.25, 0.3) is 6.08 Å². The number of hydrogen-bond donors (Lipinski definition) is 2. The molecular formula is C31H30N4O6S. The molecule has 0 saturated carbocycles. The molecule has 11 heteroatoms. The van der Waals surface area contributed by atoms with Gasteiger partial charge in [-0.3, -0.25) is 24.1 Å². The first kappa shape index (κ1) is 28.9. The number of benzene rings is 3. The van der Waals surface area contributed by atoms with Crippen LogP contribution in [-0.4, -0.2) is 67.3 Å². The van der Waals surface area contributed by atoms with Crippen LogP contribution in [0.5, 0.6) is 5.75 Å². The summed E-state index contributed by atoms with van der Waals surface area (Å²) in [7, 11) is 0. The third-order valence-electron chi connectivity index (χ3n) is 6.55. The van der Waals surface area contributed by atoms with Crippen molar-refractivity contribution in [2.75, 3.05) is 55.0 Å². The average molecular weight is 587 g/mol. The summed E-state index contributed by atoms with van der Waals surface area (Å²) >= 11 is 0.782. The lowest BCUT2D eigenvalue weighted by Crippen LogP contribution is -2.36. The van der Waals surface area contributed by atoms with Gasteiger partial charge in [0.15, 0.2) is 6.61 Å². The molecule has 0 unspecified atom stereocenters. The van der Waals surface area contributed by atoms with Crippen molar-refractivity contribution in [1.82, 2.24) is 4.90 Å². The number of carbonyl (C=O) groups excluding carboxylic acids is 4. The largest absolute Gasteiger partial charge is 0.484 e. The monoisotopic (exact) mass is 586 g/mol. The Labute approximate surface area is 247 Å². The van der Waals surface area contributed by atoms with E-state index in [2.05, 4.69) is 15.5 Å². The summed E-state index contributed by atoms with van der Waals surface area (Å²) in [5, 5.41) is 5.02. The lowest BCUT2D eigenvalue weighted by molar-refractivity contribution is -0.127. The van der Waals surface area contributed by atoms with E-state index in [0.717, 1.165) is 41.0 Å². The van der Waals surface area contributed by atoms with Crippen LogP contribution >= 0.6 is 11.8 Å². The predicted octanol–water partition coefficient (Wildman–Crippen LogP) is 4.52. The minimum atomic E-state index is -0.532. The minimum absolute atomic E-state index is 0.160. The molecule has 0 bridgehead atoms. The van der Waals surface area contributed by atoms with E-state index in [-0.39, 0.29) is 24.0 Å². The van der Waals surface area contributed by atoms with Gasteiger partial charge in [0.25, 0.3) is 17.1 Å². The highest BCUT2D eigenvalue weighted by Gasteiger charge is 2.36. The van der Waals surface area contributed by atoms with E-state index >= 15 is 0 Å². The van der Waals surface area contributed by atoms with Gasteiger partial charge in [-0.25, -0.2) is 0 Å². The quantitative estimate of drug-likeness (QED) is 0.352. The molecule has 0 spiro atoms. The number of nitrogens with one attached hydrogen (secondary N) is 2. The van der Waals surface area contributed by atoms with E-state index in [0.29, 0.717) is 35.9 Å². The van der Waals surface area contributed by atoms with Gasteiger partial charge in [0.1, 0.15) is 12.3 Å². The van der Waals surface area contributed by atoms with Crippen molar-refractivity contribution >= 4 is 57.9 Å². The molecule has 5 rings (SSSR count). The third kappa shape index (κ3) is 7.56. The molecular weight excluding hydrogens is 556 g/mol. The highest BCUT2D eigenvalue weighted by atomic mass is 32.2. The first-order chi connectivity index (χ1) is 20.3. The van der Waals surface area contributed by atoms with Crippen molar-refractivity contribution in [3.63, 3.8) is 0 Å². The summed E-state index contributed by atoms with van der Waals surface area (Å²) in [6, 6.07) is 21.7. The second-order valence-electron chi connectivity index (χ2n) is 9.74. The Bertz CT molecular complexity index is 1500. The Balaban J connectivity index is 1.11. The lowest BCUT2D eigenvalue weighted by atomic mass is 10.2. The smallest absolute Gasteiger partial charge is 0.294 e. The minimum Gasteiger partial charge on any atom is -0.484 e.